The Balaban J connectivity index is 1.94. The molecule has 0 aliphatic carbocycles. The molecule has 1 atom stereocenters. The van der Waals surface area contributed by atoms with Gasteiger partial charge in [0.25, 0.3) is 5.91 Å². The van der Waals surface area contributed by atoms with Gasteiger partial charge in [-0.3, -0.25) is 4.79 Å². The summed E-state index contributed by atoms with van der Waals surface area (Å²) in [6.45, 7) is 2.90. The van der Waals surface area contributed by atoms with E-state index in [9.17, 15) is 4.79 Å². The molecule has 1 amide bonds. The van der Waals surface area contributed by atoms with Crippen LogP contribution in [0.1, 0.15) is 40.2 Å². The van der Waals surface area contributed by atoms with E-state index in [1.165, 1.54) is 10.4 Å². The summed E-state index contributed by atoms with van der Waals surface area (Å²) in [5, 5.41) is 2.70. The quantitative estimate of drug-likeness (QED) is 0.687. The van der Waals surface area contributed by atoms with Crippen LogP contribution in [-0.4, -0.2) is 17.4 Å². The Hall–Kier alpha value is -0.840. The van der Waals surface area contributed by atoms with Gasteiger partial charge in [-0.2, -0.15) is 0 Å². The monoisotopic (exact) mass is 383 g/mol. The van der Waals surface area contributed by atoms with Crippen LogP contribution in [-0.2, 0) is 6.42 Å². The molecule has 1 unspecified atom stereocenters. The highest BCUT2D eigenvalue weighted by atomic mass is 79.9. The Labute approximate surface area is 141 Å². The van der Waals surface area contributed by atoms with E-state index in [1.54, 1.807) is 23.5 Å². The van der Waals surface area contributed by atoms with Crippen LogP contribution in [0.3, 0.4) is 0 Å². The highest BCUT2D eigenvalue weighted by Gasteiger charge is 2.31. The van der Waals surface area contributed by atoms with Crippen molar-refractivity contribution < 1.29 is 4.79 Å². The summed E-state index contributed by atoms with van der Waals surface area (Å²) in [4.78, 5) is 16.2. The summed E-state index contributed by atoms with van der Waals surface area (Å²) in [7, 11) is 0. The first-order chi connectivity index (χ1) is 10.1. The van der Waals surface area contributed by atoms with Crippen molar-refractivity contribution in [2.24, 2.45) is 0 Å². The van der Waals surface area contributed by atoms with E-state index in [-0.39, 0.29) is 11.9 Å². The van der Waals surface area contributed by atoms with E-state index in [0.717, 1.165) is 23.9 Å². The fraction of sp³-hybridized carbons (Fsp3) is 0.312. The Bertz CT molecular complexity index is 664. The molecule has 2 heterocycles. The predicted molar refractivity (Wildman–Crippen MR) is 91.2 cm³/mol. The second-order valence-electron chi connectivity index (χ2n) is 5.13. The molecule has 110 valence electrons. The number of thiophene rings is 1. The van der Waals surface area contributed by atoms with E-state index in [1.807, 2.05) is 11.0 Å². The van der Waals surface area contributed by atoms with Crippen molar-refractivity contribution >= 4 is 44.8 Å². The van der Waals surface area contributed by atoms with Gasteiger partial charge in [-0.05, 0) is 48.1 Å². The number of halogens is 2. The Morgan fingerprint density at radius 3 is 3.00 bits per heavy atom. The van der Waals surface area contributed by atoms with Crippen molar-refractivity contribution in [1.29, 1.82) is 0 Å². The average Bonchev–Trinajstić information content (AvgIpc) is 2.92. The van der Waals surface area contributed by atoms with Gasteiger partial charge in [-0.25, -0.2) is 0 Å². The molecular formula is C16H15BrClNOS. The van der Waals surface area contributed by atoms with Gasteiger partial charge in [0.2, 0.25) is 0 Å². The first kappa shape index (κ1) is 15.1. The molecule has 0 saturated carbocycles. The predicted octanol–water partition coefficient (Wildman–Crippen LogP) is 5.31. The number of nitrogens with zero attached hydrogens (tertiary/aromatic N) is 1. The zero-order chi connectivity index (χ0) is 15.0. The van der Waals surface area contributed by atoms with E-state index >= 15 is 0 Å². The maximum Gasteiger partial charge on any atom is 0.254 e. The standard InChI is InChI=1S/C16H15BrClNOS/c1-2-14-13-4-6-21-15(13)3-5-19(14)16(20)10-7-11(17)9-12(18)8-10/h4,6-9,14H,2-3,5H2,1H3. The summed E-state index contributed by atoms with van der Waals surface area (Å²) in [5.74, 6) is 0.0573. The summed E-state index contributed by atoms with van der Waals surface area (Å²) < 4.78 is 0.833. The molecule has 1 aliphatic heterocycles. The van der Waals surface area contributed by atoms with Gasteiger partial charge >= 0.3 is 0 Å². The second-order valence-corrected chi connectivity index (χ2v) is 7.48. The third-order valence-electron chi connectivity index (χ3n) is 3.85. The smallest absolute Gasteiger partial charge is 0.254 e. The van der Waals surface area contributed by atoms with Crippen LogP contribution in [0.2, 0.25) is 5.02 Å². The third-order valence-corrected chi connectivity index (χ3v) is 5.52. The number of hydrogen-bond acceptors (Lipinski definition) is 2. The molecule has 21 heavy (non-hydrogen) atoms. The lowest BCUT2D eigenvalue weighted by molar-refractivity contribution is 0.0657. The van der Waals surface area contributed by atoms with Crippen molar-refractivity contribution in [3.63, 3.8) is 0 Å². The molecular weight excluding hydrogens is 370 g/mol. The van der Waals surface area contributed by atoms with Gasteiger partial charge in [-0.1, -0.05) is 34.5 Å². The van der Waals surface area contributed by atoms with Crippen LogP contribution in [0.5, 0.6) is 0 Å². The highest BCUT2D eigenvalue weighted by molar-refractivity contribution is 9.10. The molecule has 1 aromatic heterocycles. The minimum absolute atomic E-state index is 0.0573. The largest absolute Gasteiger partial charge is 0.331 e. The number of fused-ring (bicyclic) bond motifs is 1. The van der Waals surface area contributed by atoms with Gasteiger partial charge in [0, 0.05) is 26.5 Å². The Kier molecular flexibility index (Phi) is 4.38. The van der Waals surface area contributed by atoms with Crippen molar-refractivity contribution in [1.82, 2.24) is 4.90 Å². The summed E-state index contributed by atoms with van der Waals surface area (Å²) in [6.07, 6.45) is 1.87. The van der Waals surface area contributed by atoms with Crippen LogP contribution in [0.15, 0.2) is 34.1 Å². The molecule has 0 saturated heterocycles. The van der Waals surface area contributed by atoms with Crippen LogP contribution in [0.4, 0.5) is 0 Å². The number of carbonyl (C=O) groups excluding carboxylic acids is 1. The molecule has 0 N–H and O–H groups in total. The number of rotatable bonds is 2. The van der Waals surface area contributed by atoms with Gasteiger partial charge in [0.15, 0.2) is 0 Å². The van der Waals surface area contributed by atoms with E-state index in [0.29, 0.717) is 10.6 Å². The molecule has 2 nitrogen and oxygen atoms in total. The first-order valence-corrected chi connectivity index (χ1v) is 8.98. The van der Waals surface area contributed by atoms with Crippen molar-refractivity contribution in [3.05, 3.63) is 55.1 Å². The van der Waals surface area contributed by atoms with Crippen LogP contribution < -0.4 is 0 Å². The first-order valence-electron chi connectivity index (χ1n) is 6.93. The zero-order valence-electron chi connectivity index (χ0n) is 11.6. The van der Waals surface area contributed by atoms with Gasteiger partial charge in [-0.15, -0.1) is 11.3 Å². The van der Waals surface area contributed by atoms with E-state index < -0.39 is 0 Å². The molecule has 1 aliphatic rings. The maximum absolute atomic E-state index is 12.9. The van der Waals surface area contributed by atoms with Crippen LogP contribution in [0, 0.1) is 0 Å². The lowest BCUT2D eigenvalue weighted by Gasteiger charge is -2.35. The summed E-state index contributed by atoms with van der Waals surface area (Å²) in [6, 6.07) is 7.70. The second kappa shape index (κ2) is 6.11. The Morgan fingerprint density at radius 1 is 1.48 bits per heavy atom. The summed E-state index contributed by atoms with van der Waals surface area (Å²) in [5.41, 5.74) is 1.95. The normalized spacial score (nSPS) is 17.7. The van der Waals surface area contributed by atoms with Crippen LogP contribution >= 0.6 is 38.9 Å². The molecule has 0 bridgehead atoms. The van der Waals surface area contributed by atoms with Crippen molar-refractivity contribution in [2.45, 2.75) is 25.8 Å². The number of amides is 1. The van der Waals surface area contributed by atoms with E-state index in [4.69, 9.17) is 11.6 Å². The number of benzene rings is 1. The minimum atomic E-state index is 0.0573. The molecule has 0 spiro atoms. The fourth-order valence-corrected chi connectivity index (χ4v) is 4.71. The molecule has 5 heteroatoms. The average molecular weight is 385 g/mol. The Morgan fingerprint density at radius 2 is 2.29 bits per heavy atom. The molecule has 1 aromatic carbocycles. The lowest BCUT2D eigenvalue weighted by atomic mass is 9.97. The highest BCUT2D eigenvalue weighted by Crippen LogP contribution is 2.36. The van der Waals surface area contributed by atoms with E-state index in [2.05, 4.69) is 34.3 Å². The maximum atomic E-state index is 12.9. The van der Waals surface area contributed by atoms with Gasteiger partial charge in [0.1, 0.15) is 0 Å². The van der Waals surface area contributed by atoms with Crippen LogP contribution in [0.25, 0.3) is 0 Å². The summed E-state index contributed by atoms with van der Waals surface area (Å²) >= 11 is 11.3. The SMILES string of the molecule is CCC1c2ccsc2CCN1C(=O)c1cc(Cl)cc(Br)c1. The van der Waals surface area contributed by atoms with Crippen molar-refractivity contribution in [3.8, 4) is 0 Å². The lowest BCUT2D eigenvalue weighted by Crippen LogP contribution is -2.39. The molecule has 0 radical (unpaired) electrons. The minimum Gasteiger partial charge on any atom is -0.331 e. The topological polar surface area (TPSA) is 20.3 Å². The van der Waals surface area contributed by atoms with Gasteiger partial charge < -0.3 is 4.90 Å². The zero-order valence-corrected chi connectivity index (χ0v) is 14.8. The number of carbonyl (C=O) groups is 1. The molecule has 0 fully saturated rings. The third kappa shape index (κ3) is 2.89. The number of hydrogen-bond donors (Lipinski definition) is 0. The van der Waals surface area contributed by atoms with Gasteiger partial charge in [0.05, 0.1) is 6.04 Å². The molecule has 3 rings (SSSR count). The molecule has 2 aromatic rings. The fourth-order valence-electron chi connectivity index (χ4n) is 2.92. The van der Waals surface area contributed by atoms with Crippen molar-refractivity contribution in [2.75, 3.05) is 6.54 Å².